The van der Waals surface area contributed by atoms with Gasteiger partial charge in [-0.05, 0) is 49.6 Å². The van der Waals surface area contributed by atoms with Crippen molar-refractivity contribution in [2.24, 2.45) is 0 Å². The maximum atomic E-state index is 12.2. The van der Waals surface area contributed by atoms with Crippen molar-refractivity contribution in [2.45, 2.75) is 32.2 Å². The Labute approximate surface area is 153 Å². The summed E-state index contributed by atoms with van der Waals surface area (Å²) in [4.78, 5) is 13.4. The second kappa shape index (κ2) is 8.81. The third kappa shape index (κ3) is 5.16. The maximum absolute atomic E-state index is 12.2. The molecular weight excluding hydrogens is 334 g/mol. The Balaban J connectivity index is 1.91. The van der Waals surface area contributed by atoms with Crippen molar-refractivity contribution in [3.8, 4) is 11.5 Å². The summed E-state index contributed by atoms with van der Waals surface area (Å²) in [6, 6.07) is 9.94. The lowest BCUT2D eigenvalue weighted by Crippen LogP contribution is -2.24. The van der Waals surface area contributed by atoms with Crippen molar-refractivity contribution >= 4 is 17.7 Å². The van der Waals surface area contributed by atoms with Crippen molar-refractivity contribution < 1.29 is 14.3 Å². The lowest BCUT2D eigenvalue weighted by atomic mass is 10.1. The zero-order valence-electron chi connectivity index (χ0n) is 15.4. The molecule has 0 fully saturated rings. The highest BCUT2D eigenvalue weighted by atomic mass is 32.2. The van der Waals surface area contributed by atoms with Crippen molar-refractivity contribution in [1.29, 1.82) is 0 Å². The summed E-state index contributed by atoms with van der Waals surface area (Å²) in [5, 5.41) is 2.95. The van der Waals surface area contributed by atoms with Crippen LogP contribution in [0.15, 0.2) is 35.2 Å². The first-order valence-electron chi connectivity index (χ1n) is 8.13. The third-order valence-corrected chi connectivity index (χ3v) is 5.23. The second-order valence-electron chi connectivity index (χ2n) is 5.98. The normalized spacial score (nSPS) is 10.4. The number of aryl methyl sites for hydroxylation is 3. The molecule has 0 saturated carbocycles. The number of carbonyl (C=O) groups excluding carboxylic acids is 1. The predicted octanol–water partition coefficient (Wildman–Crippen LogP) is 4.04. The molecule has 25 heavy (non-hydrogen) atoms. The molecule has 1 N–H and O–H groups in total. The number of nitrogens with one attached hydrogen (secondary N) is 1. The lowest BCUT2D eigenvalue weighted by Gasteiger charge is -2.12. The second-order valence-corrected chi connectivity index (χ2v) is 6.97. The van der Waals surface area contributed by atoms with Crippen LogP contribution in [-0.4, -0.2) is 25.9 Å². The monoisotopic (exact) mass is 359 g/mol. The van der Waals surface area contributed by atoms with E-state index in [1.165, 1.54) is 21.6 Å². The molecule has 5 heteroatoms. The fraction of sp³-hybridized carbons (Fsp3) is 0.350. The zero-order valence-corrected chi connectivity index (χ0v) is 16.3. The van der Waals surface area contributed by atoms with Gasteiger partial charge >= 0.3 is 0 Å². The van der Waals surface area contributed by atoms with Crippen LogP contribution in [0.2, 0.25) is 0 Å². The fourth-order valence-corrected chi connectivity index (χ4v) is 3.73. The largest absolute Gasteiger partial charge is 0.493 e. The molecule has 0 atom stereocenters. The summed E-state index contributed by atoms with van der Waals surface area (Å²) < 4.78 is 10.5. The summed E-state index contributed by atoms with van der Waals surface area (Å²) in [5.41, 5.74) is 4.65. The Morgan fingerprint density at radius 3 is 2.24 bits per heavy atom. The molecule has 0 unspecified atom stereocenters. The van der Waals surface area contributed by atoms with E-state index in [2.05, 4.69) is 38.2 Å². The highest BCUT2D eigenvalue weighted by molar-refractivity contribution is 8.00. The van der Waals surface area contributed by atoms with Gasteiger partial charge in [-0.25, -0.2) is 0 Å². The van der Waals surface area contributed by atoms with Gasteiger partial charge in [0.2, 0.25) is 5.91 Å². The molecule has 0 aliphatic heterocycles. The van der Waals surface area contributed by atoms with E-state index < -0.39 is 0 Å². The Bertz CT molecular complexity index is 736. The van der Waals surface area contributed by atoms with Crippen LogP contribution in [0.1, 0.15) is 22.3 Å². The molecule has 0 heterocycles. The summed E-state index contributed by atoms with van der Waals surface area (Å²) in [6.45, 7) is 6.73. The molecule has 0 aliphatic carbocycles. The van der Waals surface area contributed by atoms with E-state index in [1.807, 2.05) is 18.2 Å². The minimum Gasteiger partial charge on any atom is -0.493 e. The average molecular weight is 359 g/mol. The van der Waals surface area contributed by atoms with E-state index in [-0.39, 0.29) is 5.91 Å². The van der Waals surface area contributed by atoms with Crippen LogP contribution in [0.25, 0.3) is 0 Å². The highest BCUT2D eigenvalue weighted by Gasteiger charge is 2.09. The summed E-state index contributed by atoms with van der Waals surface area (Å²) in [5.74, 6) is 1.75. The smallest absolute Gasteiger partial charge is 0.230 e. The Morgan fingerprint density at radius 1 is 1.00 bits per heavy atom. The zero-order chi connectivity index (χ0) is 18.4. The predicted molar refractivity (Wildman–Crippen MR) is 103 cm³/mol. The highest BCUT2D eigenvalue weighted by Crippen LogP contribution is 2.28. The fourth-order valence-electron chi connectivity index (χ4n) is 2.77. The van der Waals surface area contributed by atoms with Crippen molar-refractivity contribution in [3.63, 3.8) is 0 Å². The van der Waals surface area contributed by atoms with Crippen molar-refractivity contribution in [3.05, 3.63) is 52.6 Å². The van der Waals surface area contributed by atoms with Crippen molar-refractivity contribution in [2.75, 3.05) is 20.0 Å². The van der Waals surface area contributed by atoms with Gasteiger partial charge < -0.3 is 14.8 Å². The van der Waals surface area contributed by atoms with Gasteiger partial charge in [0, 0.05) is 11.4 Å². The molecule has 2 rings (SSSR count). The molecule has 0 spiro atoms. The van der Waals surface area contributed by atoms with Crippen LogP contribution in [0.5, 0.6) is 11.5 Å². The van der Waals surface area contributed by atoms with Crippen LogP contribution in [0.3, 0.4) is 0 Å². The molecule has 2 aromatic rings. The first-order valence-corrected chi connectivity index (χ1v) is 9.11. The number of methoxy groups -OCH3 is 2. The maximum Gasteiger partial charge on any atom is 0.230 e. The minimum atomic E-state index is 0.0131. The number of hydrogen-bond donors (Lipinski definition) is 1. The molecule has 0 aromatic heterocycles. The quantitative estimate of drug-likeness (QED) is 0.758. The van der Waals surface area contributed by atoms with E-state index in [1.54, 1.807) is 26.0 Å². The van der Waals surface area contributed by atoms with E-state index >= 15 is 0 Å². The molecule has 1 amide bonds. The van der Waals surface area contributed by atoms with Crippen LogP contribution in [-0.2, 0) is 11.3 Å². The van der Waals surface area contributed by atoms with Gasteiger partial charge in [-0.3, -0.25) is 4.79 Å². The Morgan fingerprint density at radius 2 is 1.64 bits per heavy atom. The van der Waals surface area contributed by atoms with Gasteiger partial charge in [0.1, 0.15) is 0 Å². The van der Waals surface area contributed by atoms with Crippen LogP contribution in [0, 0.1) is 20.8 Å². The molecule has 0 aliphatic rings. The van der Waals surface area contributed by atoms with Crippen LogP contribution in [0.4, 0.5) is 0 Å². The van der Waals surface area contributed by atoms with Gasteiger partial charge in [-0.2, -0.15) is 0 Å². The van der Waals surface area contributed by atoms with Crippen LogP contribution < -0.4 is 14.8 Å². The van der Waals surface area contributed by atoms with Gasteiger partial charge in [0.25, 0.3) is 0 Å². The van der Waals surface area contributed by atoms with E-state index in [4.69, 9.17) is 9.47 Å². The summed E-state index contributed by atoms with van der Waals surface area (Å²) in [7, 11) is 3.20. The summed E-state index contributed by atoms with van der Waals surface area (Å²) in [6.07, 6.45) is 0. The van der Waals surface area contributed by atoms with Crippen molar-refractivity contribution in [1.82, 2.24) is 5.32 Å². The summed E-state index contributed by atoms with van der Waals surface area (Å²) >= 11 is 1.58. The van der Waals surface area contributed by atoms with Gasteiger partial charge in [0.15, 0.2) is 11.5 Å². The Kier molecular flexibility index (Phi) is 6.76. The van der Waals surface area contributed by atoms with E-state index in [9.17, 15) is 4.79 Å². The van der Waals surface area contributed by atoms with E-state index in [0.29, 0.717) is 23.8 Å². The number of ether oxygens (including phenoxy) is 2. The lowest BCUT2D eigenvalue weighted by molar-refractivity contribution is -0.118. The molecular formula is C20H25NO3S. The molecule has 4 nitrogen and oxygen atoms in total. The number of benzene rings is 2. The Hall–Kier alpha value is -2.14. The number of carbonyl (C=O) groups is 1. The minimum absolute atomic E-state index is 0.0131. The number of amides is 1. The SMILES string of the molecule is COc1ccc(CNC(=O)CSc2c(C)cc(C)cc2C)cc1OC. The number of hydrogen-bond acceptors (Lipinski definition) is 4. The van der Waals surface area contributed by atoms with Crippen LogP contribution >= 0.6 is 11.8 Å². The molecule has 0 bridgehead atoms. The number of rotatable bonds is 7. The molecule has 134 valence electrons. The molecule has 0 radical (unpaired) electrons. The van der Waals surface area contributed by atoms with E-state index in [0.717, 1.165) is 5.56 Å². The molecule has 0 saturated heterocycles. The number of thioether (sulfide) groups is 1. The molecule has 2 aromatic carbocycles. The standard InChI is InChI=1S/C20H25NO3S/c1-13-8-14(2)20(15(3)9-13)25-12-19(22)21-11-16-6-7-17(23-4)18(10-16)24-5/h6-10H,11-12H2,1-5H3,(H,21,22). The van der Waals surface area contributed by atoms with Gasteiger partial charge in [-0.15, -0.1) is 11.8 Å². The third-order valence-electron chi connectivity index (χ3n) is 3.89. The topological polar surface area (TPSA) is 47.6 Å². The average Bonchev–Trinajstić information content (AvgIpc) is 2.58. The first-order chi connectivity index (χ1) is 11.9. The first kappa shape index (κ1) is 19.2. The van der Waals surface area contributed by atoms with Gasteiger partial charge in [-0.1, -0.05) is 23.8 Å². The van der Waals surface area contributed by atoms with Gasteiger partial charge in [0.05, 0.1) is 20.0 Å².